The third-order valence-corrected chi connectivity index (χ3v) is 8.21. The van der Waals surface area contributed by atoms with E-state index in [9.17, 15) is 19.8 Å². The fraction of sp³-hybridized carbons (Fsp3) is 0.900. The second kappa shape index (κ2) is 7.12. The molecule has 0 heterocycles. The van der Waals surface area contributed by atoms with Crippen LogP contribution in [0.15, 0.2) is 0 Å². The molecule has 148 valence electrons. The van der Waals surface area contributed by atoms with E-state index in [0.717, 1.165) is 32.1 Å². The summed E-state index contributed by atoms with van der Waals surface area (Å²) in [5, 5.41) is 31.8. The van der Waals surface area contributed by atoms with Gasteiger partial charge in [-0.1, -0.05) is 13.8 Å². The molecule has 7 atom stereocenters. The summed E-state index contributed by atoms with van der Waals surface area (Å²) in [7, 11) is 0. The van der Waals surface area contributed by atoms with E-state index < -0.39 is 6.09 Å². The normalized spacial score (nSPS) is 46.0. The van der Waals surface area contributed by atoms with Crippen LogP contribution in [0.4, 0.5) is 4.79 Å². The number of ketones is 1. The minimum Gasteiger partial charge on any atom is -0.465 e. The Labute approximate surface area is 155 Å². The fourth-order valence-corrected chi connectivity index (χ4v) is 6.54. The average Bonchev–Trinajstić information content (AvgIpc) is 2.90. The topological polar surface area (TPSA) is 107 Å². The lowest BCUT2D eigenvalue weighted by Crippen LogP contribution is -2.54. The zero-order valence-corrected chi connectivity index (χ0v) is 15.9. The molecule has 3 aliphatic carbocycles. The smallest absolute Gasteiger partial charge is 0.404 e. The van der Waals surface area contributed by atoms with Crippen LogP contribution in [0.5, 0.6) is 0 Å². The molecule has 6 nitrogen and oxygen atoms in total. The molecule has 0 aromatic heterocycles. The zero-order valence-electron chi connectivity index (χ0n) is 15.9. The van der Waals surface area contributed by atoms with E-state index >= 15 is 0 Å². The second-order valence-corrected chi connectivity index (χ2v) is 9.29. The molecule has 3 aliphatic rings. The molecule has 0 unspecified atom stereocenters. The molecule has 26 heavy (non-hydrogen) atoms. The van der Waals surface area contributed by atoms with Crippen LogP contribution in [0.1, 0.15) is 58.8 Å². The highest BCUT2D eigenvalue weighted by molar-refractivity contribution is 5.87. The van der Waals surface area contributed by atoms with Crippen molar-refractivity contribution in [3.63, 3.8) is 0 Å². The second-order valence-electron chi connectivity index (χ2n) is 9.29. The van der Waals surface area contributed by atoms with E-state index in [1.54, 1.807) is 0 Å². The maximum Gasteiger partial charge on any atom is 0.404 e. The van der Waals surface area contributed by atoms with Crippen molar-refractivity contribution in [1.82, 2.24) is 5.32 Å². The highest BCUT2D eigenvalue weighted by Gasteiger charge is 2.58. The third-order valence-electron chi connectivity index (χ3n) is 8.21. The Balaban J connectivity index is 1.91. The summed E-state index contributed by atoms with van der Waals surface area (Å²) in [5.41, 5.74) is -0.466. The van der Waals surface area contributed by atoms with Crippen molar-refractivity contribution in [1.29, 1.82) is 0 Å². The lowest BCUT2D eigenvalue weighted by Gasteiger charge is -2.56. The molecule has 3 saturated carbocycles. The molecule has 3 fully saturated rings. The number of hydrogen-bond donors (Lipinski definition) is 4. The average molecular weight is 367 g/mol. The monoisotopic (exact) mass is 367 g/mol. The standard InChI is InChI=1S/C20H33NO5/c1-19(7-5-13(23)9-12(19)11-22)16-6-8-20(2)15(3-4-17(20)24)14(16)10-21-18(25)26/h12-16,21-23H,3-11H2,1-2H3,(H,25,26)/t12-,13+,14+,15+,16+,19+,20+/m1/s1. The Morgan fingerprint density at radius 2 is 1.92 bits per heavy atom. The first-order valence-corrected chi connectivity index (χ1v) is 10.0. The summed E-state index contributed by atoms with van der Waals surface area (Å²) in [4.78, 5) is 23.7. The van der Waals surface area contributed by atoms with Crippen molar-refractivity contribution in [2.75, 3.05) is 13.2 Å². The predicted molar refractivity (Wildman–Crippen MR) is 96.6 cm³/mol. The number of carboxylic acid groups (broad SMARTS) is 1. The summed E-state index contributed by atoms with van der Waals surface area (Å²) in [6.45, 7) is 4.68. The molecule has 1 amide bonds. The predicted octanol–water partition coefficient (Wildman–Crippen LogP) is 2.43. The number of nitrogens with one attached hydrogen (secondary N) is 1. The maximum atomic E-state index is 12.5. The van der Waals surface area contributed by atoms with Gasteiger partial charge in [0.25, 0.3) is 0 Å². The van der Waals surface area contributed by atoms with Crippen molar-refractivity contribution >= 4 is 11.9 Å². The molecular formula is C20H33NO5. The van der Waals surface area contributed by atoms with Gasteiger partial charge in [0.15, 0.2) is 0 Å². The van der Waals surface area contributed by atoms with Crippen LogP contribution in [-0.2, 0) is 4.79 Å². The van der Waals surface area contributed by atoms with Crippen molar-refractivity contribution < 1.29 is 24.9 Å². The van der Waals surface area contributed by atoms with Crippen molar-refractivity contribution in [3.8, 4) is 0 Å². The molecule has 3 rings (SSSR count). The first kappa shape index (κ1) is 19.6. The van der Waals surface area contributed by atoms with Crippen molar-refractivity contribution in [2.45, 2.75) is 64.9 Å². The summed E-state index contributed by atoms with van der Waals surface area (Å²) in [6, 6.07) is 0. The number of rotatable bonds is 4. The van der Waals surface area contributed by atoms with Gasteiger partial charge < -0.3 is 20.6 Å². The highest BCUT2D eigenvalue weighted by atomic mass is 16.4. The van der Waals surface area contributed by atoms with Crippen LogP contribution in [-0.4, -0.2) is 46.5 Å². The Hall–Kier alpha value is -1.14. The van der Waals surface area contributed by atoms with Gasteiger partial charge in [-0.15, -0.1) is 0 Å². The largest absolute Gasteiger partial charge is 0.465 e. The Morgan fingerprint density at radius 1 is 1.19 bits per heavy atom. The van der Waals surface area contributed by atoms with Gasteiger partial charge in [-0.05, 0) is 67.6 Å². The number of carbonyl (C=O) groups is 2. The lowest BCUT2D eigenvalue weighted by atomic mass is 9.49. The number of hydrogen-bond acceptors (Lipinski definition) is 4. The summed E-state index contributed by atoms with van der Waals surface area (Å²) >= 11 is 0. The zero-order chi connectivity index (χ0) is 19.1. The SMILES string of the molecule is C[C@]1([C@H]2CC[C@]3(C)C(=O)CC[C@H]3[C@@H]2CNC(=O)O)CC[C@H](O)C[C@@H]1CO. The van der Waals surface area contributed by atoms with E-state index in [0.29, 0.717) is 25.2 Å². The Kier molecular flexibility index (Phi) is 5.37. The van der Waals surface area contributed by atoms with E-state index in [1.165, 1.54) is 0 Å². The van der Waals surface area contributed by atoms with Gasteiger partial charge in [0.05, 0.1) is 6.10 Å². The molecule has 6 heteroatoms. The van der Waals surface area contributed by atoms with Crippen LogP contribution < -0.4 is 5.32 Å². The number of amides is 1. The van der Waals surface area contributed by atoms with Crippen LogP contribution in [0.25, 0.3) is 0 Å². The van der Waals surface area contributed by atoms with Gasteiger partial charge in [0.1, 0.15) is 5.78 Å². The summed E-state index contributed by atoms with van der Waals surface area (Å²) in [6.07, 6.45) is 3.93. The maximum absolute atomic E-state index is 12.5. The van der Waals surface area contributed by atoms with Crippen LogP contribution in [0.3, 0.4) is 0 Å². The van der Waals surface area contributed by atoms with E-state index in [1.807, 2.05) is 0 Å². The molecule has 4 N–H and O–H groups in total. The van der Waals surface area contributed by atoms with E-state index in [-0.39, 0.29) is 47.2 Å². The van der Waals surface area contributed by atoms with Crippen LogP contribution >= 0.6 is 0 Å². The minimum absolute atomic E-state index is 0.0186. The summed E-state index contributed by atoms with van der Waals surface area (Å²) in [5.74, 6) is 0.895. The van der Waals surface area contributed by atoms with E-state index in [4.69, 9.17) is 5.11 Å². The van der Waals surface area contributed by atoms with Gasteiger partial charge in [-0.2, -0.15) is 0 Å². The van der Waals surface area contributed by atoms with Gasteiger partial charge in [-0.25, -0.2) is 4.79 Å². The van der Waals surface area contributed by atoms with Gasteiger partial charge >= 0.3 is 6.09 Å². The van der Waals surface area contributed by atoms with Crippen molar-refractivity contribution in [2.24, 2.45) is 34.5 Å². The molecule has 0 radical (unpaired) electrons. The third kappa shape index (κ3) is 3.15. The molecule has 0 bridgehead atoms. The minimum atomic E-state index is -1.02. The lowest BCUT2D eigenvalue weighted by molar-refractivity contribution is -0.135. The fourth-order valence-electron chi connectivity index (χ4n) is 6.54. The quantitative estimate of drug-likeness (QED) is 0.610. The number of carbonyl (C=O) groups excluding carboxylic acids is 1. The molecule has 0 aliphatic heterocycles. The Morgan fingerprint density at radius 3 is 2.58 bits per heavy atom. The number of fused-ring (bicyclic) bond motifs is 1. The number of Topliss-reactive ketones (excluding diaryl/α,β-unsaturated/α-hetero) is 1. The first-order chi connectivity index (χ1) is 12.2. The molecule has 0 spiro atoms. The highest BCUT2D eigenvalue weighted by Crippen LogP contribution is 2.61. The first-order valence-electron chi connectivity index (χ1n) is 10.0. The Bertz CT molecular complexity index is 566. The van der Waals surface area contributed by atoms with Crippen LogP contribution in [0, 0.1) is 34.5 Å². The number of aliphatic hydroxyl groups excluding tert-OH is 2. The van der Waals surface area contributed by atoms with Crippen LogP contribution in [0.2, 0.25) is 0 Å². The molecular weight excluding hydrogens is 334 g/mol. The van der Waals surface area contributed by atoms with Gasteiger partial charge in [-0.3, -0.25) is 4.79 Å². The van der Waals surface area contributed by atoms with E-state index in [2.05, 4.69) is 19.2 Å². The molecule has 0 aromatic rings. The van der Waals surface area contributed by atoms with Gasteiger partial charge in [0, 0.05) is 25.0 Å². The molecule has 0 aromatic carbocycles. The van der Waals surface area contributed by atoms with Crippen molar-refractivity contribution in [3.05, 3.63) is 0 Å². The number of aliphatic hydroxyl groups is 2. The summed E-state index contributed by atoms with van der Waals surface area (Å²) < 4.78 is 0. The van der Waals surface area contributed by atoms with Gasteiger partial charge in [0.2, 0.25) is 0 Å². The molecule has 0 saturated heterocycles.